The molecular weight excluding hydrogens is 258 g/mol. The molecule has 20 heavy (non-hydrogen) atoms. The molecule has 102 valence electrons. The van der Waals surface area contributed by atoms with E-state index in [1.807, 2.05) is 0 Å². The van der Waals surface area contributed by atoms with Crippen molar-refractivity contribution in [3.8, 4) is 11.3 Å². The molecule has 1 aromatic heterocycles. The Hall–Kier alpha value is -2.50. The van der Waals surface area contributed by atoms with Gasteiger partial charge >= 0.3 is 0 Å². The fraction of sp³-hybridized carbons (Fsp3) is 0.286. The van der Waals surface area contributed by atoms with Gasteiger partial charge < -0.3 is 0 Å². The molecule has 0 radical (unpaired) electrons. The first kappa shape index (κ1) is 12.5. The minimum absolute atomic E-state index is 0.0280. The normalized spacial score (nSPS) is 16.9. The fourth-order valence-electron chi connectivity index (χ4n) is 2.49. The van der Waals surface area contributed by atoms with Crippen LogP contribution in [0.4, 0.5) is 5.69 Å². The van der Waals surface area contributed by atoms with Crippen LogP contribution in [0.15, 0.2) is 35.1 Å². The topological polar surface area (TPSA) is 78.0 Å². The summed E-state index contributed by atoms with van der Waals surface area (Å²) in [6.45, 7) is 2.79. The van der Waals surface area contributed by atoms with Crippen molar-refractivity contribution in [2.75, 3.05) is 0 Å². The molecule has 1 aliphatic rings. The molecule has 0 saturated carbocycles. The standard InChI is InChI=1S/C14H13N3O3/c1-9-6-13-15-12(7-14(18)16(13)8-9)10-2-4-11(5-3-10)17(19)20/h2-5,7,9H,6,8H2,1H3/t9-/m0/s1. The van der Waals surface area contributed by atoms with Crippen molar-refractivity contribution in [3.63, 3.8) is 0 Å². The van der Waals surface area contributed by atoms with Crippen molar-refractivity contribution in [1.29, 1.82) is 0 Å². The highest BCUT2D eigenvalue weighted by Crippen LogP contribution is 2.22. The lowest BCUT2D eigenvalue weighted by Gasteiger charge is -2.05. The Balaban J connectivity index is 2.03. The van der Waals surface area contributed by atoms with Crippen LogP contribution >= 0.6 is 0 Å². The maximum atomic E-state index is 12.0. The van der Waals surface area contributed by atoms with E-state index in [1.54, 1.807) is 16.7 Å². The number of hydrogen-bond donors (Lipinski definition) is 0. The van der Waals surface area contributed by atoms with Crippen LogP contribution in [-0.4, -0.2) is 14.5 Å². The van der Waals surface area contributed by atoms with E-state index in [-0.39, 0.29) is 11.2 Å². The van der Waals surface area contributed by atoms with E-state index >= 15 is 0 Å². The largest absolute Gasteiger partial charge is 0.296 e. The summed E-state index contributed by atoms with van der Waals surface area (Å²) in [4.78, 5) is 26.7. The molecule has 0 saturated heterocycles. The molecule has 1 aliphatic heterocycles. The second-order valence-electron chi connectivity index (χ2n) is 5.12. The van der Waals surface area contributed by atoms with E-state index in [4.69, 9.17) is 0 Å². The molecular formula is C14H13N3O3. The average molecular weight is 271 g/mol. The van der Waals surface area contributed by atoms with Crippen molar-refractivity contribution in [2.45, 2.75) is 19.9 Å². The third-order valence-corrected chi connectivity index (χ3v) is 3.49. The van der Waals surface area contributed by atoms with Gasteiger partial charge in [-0.2, -0.15) is 0 Å². The van der Waals surface area contributed by atoms with Gasteiger partial charge in [-0.1, -0.05) is 6.92 Å². The Morgan fingerprint density at radius 3 is 2.70 bits per heavy atom. The van der Waals surface area contributed by atoms with Crippen LogP contribution in [0.1, 0.15) is 12.7 Å². The molecule has 1 atom stereocenters. The van der Waals surface area contributed by atoms with Gasteiger partial charge in [0.2, 0.25) is 0 Å². The zero-order valence-corrected chi connectivity index (χ0v) is 10.9. The summed E-state index contributed by atoms with van der Waals surface area (Å²) in [5.74, 6) is 1.21. The van der Waals surface area contributed by atoms with Gasteiger partial charge in [0.25, 0.3) is 11.2 Å². The second kappa shape index (κ2) is 4.56. The highest BCUT2D eigenvalue weighted by Gasteiger charge is 2.20. The Labute approximate surface area is 114 Å². The van der Waals surface area contributed by atoms with Gasteiger partial charge in [-0.15, -0.1) is 0 Å². The maximum Gasteiger partial charge on any atom is 0.269 e. The number of rotatable bonds is 2. The SMILES string of the molecule is C[C@H]1Cc2nc(-c3ccc([N+](=O)[O-])cc3)cc(=O)n2C1. The third-order valence-electron chi connectivity index (χ3n) is 3.49. The van der Waals surface area contributed by atoms with Crippen LogP contribution in [0.5, 0.6) is 0 Å². The van der Waals surface area contributed by atoms with E-state index < -0.39 is 4.92 Å². The summed E-state index contributed by atoms with van der Waals surface area (Å²) in [6.07, 6.45) is 0.788. The van der Waals surface area contributed by atoms with Gasteiger partial charge in [-0.05, 0) is 18.1 Å². The lowest BCUT2D eigenvalue weighted by atomic mass is 10.1. The van der Waals surface area contributed by atoms with Gasteiger partial charge in [0, 0.05) is 36.7 Å². The molecule has 0 N–H and O–H groups in total. The van der Waals surface area contributed by atoms with Crippen molar-refractivity contribution >= 4 is 5.69 Å². The zero-order valence-electron chi connectivity index (χ0n) is 10.9. The van der Waals surface area contributed by atoms with Gasteiger partial charge in [0.05, 0.1) is 10.6 Å². The molecule has 6 heteroatoms. The van der Waals surface area contributed by atoms with Crippen molar-refractivity contribution in [1.82, 2.24) is 9.55 Å². The zero-order chi connectivity index (χ0) is 14.3. The predicted octanol–water partition coefficient (Wildman–Crippen LogP) is 2.01. The summed E-state index contributed by atoms with van der Waals surface area (Å²) in [6, 6.07) is 7.57. The van der Waals surface area contributed by atoms with Crippen LogP contribution in [0.25, 0.3) is 11.3 Å². The first-order valence-electron chi connectivity index (χ1n) is 6.40. The summed E-state index contributed by atoms with van der Waals surface area (Å²) in [7, 11) is 0. The Morgan fingerprint density at radius 1 is 1.35 bits per heavy atom. The summed E-state index contributed by atoms with van der Waals surface area (Å²) < 4.78 is 1.69. The minimum atomic E-state index is -0.448. The van der Waals surface area contributed by atoms with Crippen molar-refractivity contribution in [2.24, 2.45) is 5.92 Å². The van der Waals surface area contributed by atoms with Gasteiger partial charge in [0.15, 0.2) is 0 Å². The van der Waals surface area contributed by atoms with E-state index in [9.17, 15) is 14.9 Å². The monoisotopic (exact) mass is 271 g/mol. The lowest BCUT2D eigenvalue weighted by Crippen LogP contribution is -2.20. The number of benzene rings is 1. The summed E-state index contributed by atoms with van der Waals surface area (Å²) in [5, 5.41) is 10.6. The van der Waals surface area contributed by atoms with E-state index in [1.165, 1.54) is 18.2 Å². The first-order valence-corrected chi connectivity index (χ1v) is 6.40. The molecule has 3 rings (SSSR count). The molecule has 2 aromatic rings. The average Bonchev–Trinajstić information content (AvgIpc) is 2.80. The quantitative estimate of drug-likeness (QED) is 0.618. The summed E-state index contributed by atoms with van der Waals surface area (Å²) in [5.41, 5.74) is 1.26. The van der Waals surface area contributed by atoms with E-state index in [0.29, 0.717) is 18.2 Å². The number of nitro groups is 1. The Morgan fingerprint density at radius 2 is 2.05 bits per heavy atom. The van der Waals surface area contributed by atoms with Gasteiger partial charge in [-0.25, -0.2) is 4.98 Å². The Bertz CT molecular complexity index is 734. The number of non-ortho nitro benzene ring substituents is 1. The molecule has 0 unspecified atom stereocenters. The highest BCUT2D eigenvalue weighted by atomic mass is 16.6. The van der Waals surface area contributed by atoms with Crippen LogP contribution < -0.4 is 5.56 Å². The number of nitro benzene ring substituents is 1. The van der Waals surface area contributed by atoms with Crippen molar-refractivity contribution in [3.05, 3.63) is 56.6 Å². The van der Waals surface area contributed by atoms with E-state index in [0.717, 1.165) is 17.8 Å². The molecule has 0 bridgehead atoms. The van der Waals surface area contributed by atoms with Crippen LogP contribution in [0, 0.1) is 16.0 Å². The molecule has 2 heterocycles. The first-order chi connectivity index (χ1) is 9.54. The van der Waals surface area contributed by atoms with Gasteiger partial charge in [-0.3, -0.25) is 19.5 Å². The van der Waals surface area contributed by atoms with Crippen molar-refractivity contribution < 1.29 is 4.92 Å². The van der Waals surface area contributed by atoms with Crippen LogP contribution in [0.2, 0.25) is 0 Å². The second-order valence-corrected chi connectivity index (χ2v) is 5.12. The number of nitrogens with zero attached hydrogens (tertiary/aromatic N) is 3. The van der Waals surface area contributed by atoms with E-state index in [2.05, 4.69) is 11.9 Å². The maximum absolute atomic E-state index is 12.0. The molecule has 0 aliphatic carbocycles. The number of aromatic nitrogens is 2. The van der Waals surface area contributed by atoms with Gasteiger partial charge in [0.1, 0.15) is 5.82 Å². The number of hydrogen-bond acceptors (Lipinski definition) is 4. The Kier molecular flexibility index (Phi) is 2.85. The minimum Gasteiger partial charge on any atom is -0.296 e. The highest BCUT2D eigenvalue weighted by molar-refractivity contribution is 5.60. The van der Waals surface area contributed by atoms with Crippen LogP contribution in [0.3, 0.4) is 0 Å². The molecule has 6 nitrogen and oxygen atoms in total. The smallest absolute Gasteiger partial charge is 0.269 e. The fourth-order valence-corrected chi connectivity index (χ4v) is 2.49. The number of fused-ring (bicyclic) bond motifs is 1. The lowest BCUT2D eigenvalue weighted by molar-refractivity contribution is -0.384. The molecule has 1 aromatic carbocycles. The molecule has 0 fully saturated rings. The molecule has 0 amide bonds. The predicted molar refractivity (Wildman–Crippen MR) is 73.5 cm³/mol. The van der Waals surface area contributed by atoms with Crippen LogP contribution in [-0.2, 0) is 13.0 Å². The summed E-state index contributed by atoms with van der Waals surface area (Å²) >= 11 is 0. The third kappa shape index (κ3) is 2.09. The molecule has 0 spiro atoms.